The number of fused-ring (bicyclic) bond motifs is 7. The number of aliphatic carboxylic acids is 1. The molecule has 0 aromatic heterocycles. The van der Waals surface area contributed by atoms with E-state index >= 15 is 0 Å². The Balaban J connectivity index is 1.06. The molecular weight excluding hydrogens is 837 g/mol. The SMILES string of the molecule is C[C@@H]1O[C@@H](O[C@@H]2[C@@H](O[C@H]3[C@H](O[C@H]4CC[C@]5(C)C6CC=C7C8CC(C)(C)C[C@@H](O)[C@]8(C)CC[C@@]7(C)[C@]6(C)CC[C@H]5[C@@]4(C)CO)O[C@H](C(=O)O)[C@@H](O)[C@@H]3O)OC[C@@H](O)[C@H]2O)[C@H](O)[C@H](O)[C@H]1O. The van der Waals surface area contributed by atoms with Gasteiger partial charge in [0.25, 0.3) is 0 Å². The lowest BCUT2D eigenvalue weighted by Crippen LogP contribution is -2.68. The number of carboxylic acid groups (broad SMARTS) is 1. The van der Waals surface area contributed by atoms with Crippen LogP contribution in [-0.4, -0.2) is 168 Å². The van der Waals surface area contributed by atoms with Crippen LogP contribution in [0.2, 0.25) is 0 Å². The summed E-state index contributed by atoms with van der Waals surface area (Å²) in [5.41, 5.74) is 0.0929. The second-order valence-electron chi connectivity index (χ2n) is 23.2. The van der Waals surface area contributed by atoms with Gasteiger partial charge in [0.2, 0.25) is 0 Å². The molecule has 24 atom stereocenters. The normalized spacial score (nSPS) is 56.1. The lowest BCUT2D eigenvalue weighted by Gasteiger charge is -2.72. The fraction of sp³-hybridized carbons (Fsp3) is 0.936. The molecular formula is C47H76O17. The molecule has 0 bridgehead atoms. The van der Waals surface area contributed by atoms with E-state index in [2.05, 4.69) is 47.6 Å². The molecule has 0 aromatic rings. The van der Waals surface area contributed by atoms with Crippen LogP contribution in [0.25, 0.3) is 0 Å². The Morgan fingerprint density at radius 1 is 0.703 bits per heavy atom. The minimum Gasteiger partial charge on any atom is -0.479 e. The maximum Gasteiger partial charge on any atom is 0.335 e. The molecule has 3 aliphatic heterocycles. The summed E-state index contributed by atoms with van der Waals surface area (Å²) in [7, 11) is 0. The highest BCUT2D eigenvalue weighted by molar-refractivity contribution is 5.73. The zero-order valence-corrected chi connectivity index (χ0v) is 38.7. The molecule has 2 unspecified atom stereocenters. The van der Waals surface area contributed by atoms with Crippen molar-refractivity contribution in [2.75, 3.05) is 13.2 Å². The molecule has 7 fully saturated rings. The molecule has 10 N–H and O–H groups in total. The maximum absolute atomic E-state index is 12.4. The predicted octanol–water partition coefficient (Wildman–Crippen LogP) is 1.34. The molecule has 5 aliphatic carbocycles. The fourth-order valence-electron chi connectivity index (χ4n) is 14.8. The van der Waals surface area contributed by atoms with Crippen molar-refractivity contribution in [3.05, 3.63) is 11.6 Å². The summed E-state index contributed by atoms with van der Waals surface area (Å²) in [5, 5.41) is 109. The van der Waals surface area contributed by atoms with Crippen LogP contribution in [0.1, 0.15) is 113 Å². The van der Waals surface area contributed by atoms with Gasteiger partial charge in [0.05, 0.1) is 31.5 Å². The quantitative estimate of drug-likeness (QED) is 0.122. The lowest BCUT2D eigenvalue weighted by atomic mass is 9.33. The molecule has 366 valence electrons. The number of ether oxygens (including phenoxy) is 6. The molecule has 0 aromatic carbocycles. The third-order valence-electron chi connectivity index (χ3n) is 19.1. The summed E-state index contributed by atoms with van der Waals surface area (Å²) in [6, 6.07) is 0. The second kappa shape index (κ2) is 16.9. The lowest BCUT2D eigenvalue weighted by molar-refractivity contribution is -0.387. The van der Waals surface area contributed by atoms with Gasteiger partial charge in [0, 0.05) is 10.8 Å². The molecule has 8 rings (SSSR count). The van der Waals surface area contributed by atoms with Gasteiger partial charge in [-0.25, -0.2) is 4.79 Å². The van der Waals surface area contributed by atoms with E-state index in [1.54, 1.807) is 0 Å². The molecule has 0 radical (unpaired) electrons. The summed E-state index contributed by atoms with van der Waals surface area (Å²) >= 11 is 0. The van der Waals surface area contributed by atoms with Crippen LogP contribution in [0.15, 0.2) is 11.6 Å². The summed E-state index contributed by atoms with van der Waals surface area (Å²) in [6.07, 6.45) is -14.5. The van der Waals surface area contributed by atoms with E-state index < -0.39 is 110 Å². The van der Waals surface area contributed by atoms with Gasteiger partial charge in [-0.3, -0.25) is 0 Å². The Bertz CT molecular complexity index is 1760. The van der Waals surface area contributed by atoms with Crippen LogP contribution >= 0.6 is 0 Å². The average Bonchev–Trinajstić information content (AvgIpc) is 3.22. The average molecular weight is 913 g/mol. The summed E-state index contributed by atoms with van der Waals surface area (Å²) in [5.74, 6) is -1.05. The van der Waals surface area contributed by atoms with Crippen molar-refractivity contribution in [1.29, 1.82) is 0 Å². The van der Waals surface area contributed by atoms with E-state index in [1.807, 2.05) is 6.92 Å². The van der Waals surface area contributed by atoms with Gasteiger partial charge in [0.1, 0.15) is 54.9 Å². The van der Waals surface area contributed by atoms with Gasteiger partial charge in [-0.2, -0.15) is 0 Å². The Kier molecular flexibility index (Phi) is 13.0. The van der Waals surface area contributed by atoms with Crippen LogP contribution in [0, 0.1) is 50.2 Å². The zero-order valence-electron chi connectivity index (χ0n) is 38.7. The third-order valence-corrected chi connectivity index (χ3v) is 19.1. The van der Waals surface area contributed by atoms with Gasteiger partial charge in [0.15, 0.2) is 25.0 Å². The molecule has 8 aliphatic rings. The van der Waals surface area contributed by atoms with Gasteiger partial charge in [-0.15, -0.1) is 0 Å². The molecule has 64 heavy (non-hydrogen) atoms. The summed E-state index contributed by atoms with van der Waals surface area (Å²) in [6.45, 7) is 16.8. The van der Waals surface area contributed by atoms with E-state index in [-0.39, 0.29) is 51.6 Å². The van der Waals surface area contributed by atoms with Crippen molar-refractivity contribution in [2.24, 2.45) is 50.2 Å². The minimum atomic E-state index is -2.01. The number of aliphatic hydroxyl groups excluding tert-OH is 9. The highest BCUT2D eigenvalue weighted by atomic mass is 16.8. The van der Waals surface area contributed by atoms with Crippen molar-refractivity contribution in [3.8, 4) is 0 Å². The van der Waals surface area contributed by atoms with Crippen LogP contribution in [0.5, 0.6) is 0 Å². The zero-order chi connectivity index (χ0) is 46.9. The van der Waals surface area contributed by atoms with Gasteiger partial charge >= 0.3 is 5.97 Å². The van der Waals surface area contributed by atoms with Crippen molar-refractivity contribution in [2.45, 2.75) is 211 Å². The molecule has 17 nitrogen and oxygen atoms in total. The highest BCUT2D eigenvalue weighted by Crippen LogP contribution is 2.76. The fourth-order valence-corrected chi connectivity index (χ4v) is 14.8. The van der Waals surface area contributed by atoms with Crippen molar-refractivity contribution >= 4 is 5.97 Å². The first-order chi connectivity index (χ1) is 29.8. The predicted molar refractivity (Wildman–Crippen MR) is 225 cm³/mol. The number of hydrogen-bond acceptors (Lipinski definition) is 16. The number of carboxylic acids is 1. The largest absolute Gasteiger partial charge is 0.479 e. The van der Waals surface area contributed by atoms with Gasteiger partial charge in [-0.05, 0) is 104 Å². The van der Waals surface area contributed by atoms with E-state index in [9.17, 15) is 55.9 Å². The number of rotatable bonds is 8. The Morgan fingerprint density at radius 3 is 2.05 bits per heavy atom. The van der Waals surface area contributed by atoms with Crippen molar-refractivity contribution in [1.82, 2.24) is 0 Å². The van der Waals surface area contributed by atoms with Crippen LogP contribution in [0.4, 0.5) is 0 Å². The van der Waals surface area contributed by atoms with Crippen LogP contribution in [0.3, 0.4) is 0 Å². The molecule has 0 spiro atoms. The van der Waals surface area contributed by atoms with E-state index in [1.165, 1.54) is 12.5 Å². The van der Waals surface area contributed by atoms with Gasteiger partial charge < -0.3 is 79.5 Å². The minimum absolute atomic E-state index is 0.0286. The first kappa shape index (κ1) is 49.0. The van der Waals surface area contributed by atoms with Crippen molar-refractivity contribution in [3.63, 3.8) is 0 Å². The Hall–Kier alpha value is -1.39. The smallest absolute Gasteiger partial charge is 0.335 e. The maximum atomic E-state index is 12.4. The molecule has 3 saturated heterocycles. The van der Waals surface area contributed by atoms with E-state index in [0.717, 1.165) is 44.9 Å². The van der Waals surface area contributed by atoms with E-state index in [4.69, 9.17) is 28.4 Å². The topological polar surface area (TPSA) is 275 Å². The molecule has 17 heteroatoms. The standard InChI is InChI=1S/C47H76O17/c1-21-29(51)31(53)34(56)39(60-21)63-36-30(52)24(49)19-59-40(36)64-37-33(55)32(54)35(38(57)58)62-41(37)61-28-12-13-44(5)25(45(28,6)20-48)11-14-47(8)26(44)10-9-22-23-17-42(2,3)18-27(50)43(23,4)15-16-46(22,47)7/h9,21,23-37,39-41,48-56H,10-20H2,1-8H3,(H,57,58)/t21-,23?,24+,25+,26?,27+,28-,29-,30+,31+,32-,33-,34+,35-,36-,37+,39-,40+,41+,43+,44-,45+,46+,47+/m0/s1. The van der Waals surface area contributed by atoms with Gasteiger partial charge in [-0.1, -0.05) is 60.1 Å². The highest BCUT2D eigenvalue weighted by Gasteiger charge is 2.70. The number of hydrogen-bond donors (Lipinski definition) is 10. The first-order valence-corrected chi connectivity index (χ1v) is 23.7. The van der Waals surface area contributed by atoms with Crippen LogP contribution < -0.4 is 0 Å². The molecule has 4 saturated carbocycles. The first-order valence-electron chi connectivity index (χ1n) is 23.7. The Morgan fingerprint density at radius 2 is 1.38 bits per heavy atom. The van der Waals surface area contributed by atoms with Crippen LogP contribution in [-0.2, 0) is 33.2 Å². The summed E-state index contributed by atoms with van der Waals surface area (Å²) < 4.78 is 36.1. The molecule has 0 amide bonds. The number of allylic oxidation sites excluding steroid dienone is 2. The molecule has 3 heterocycles. The monoisotopic (exact) mass is 913 g/mol. The Labute approximate surface area is 376 Å². The summed E-state index contributed by atoms with van der Waals surface area (Å²) in [4.78, 5) is 12.4. The number of aliphatic hydroxyl groups is 9. The van der Waals surface area contributed by atoms with Crippen molar-refractivity contribution < 1.29 is 84.3 Å². The number of carbonyl (C=O) groups is 1. The van der Waals surface area contributed by atoms with E-state index in [0.29, 0.717) is 18.8 Å². The third kappa shape index (κ3) is 7.49. The second-order valence-corrected chi connectivity index (χ2v) is 23.2.